The fraction of sp³-hybridized carbons (Fsp3) is 0.565. The highest BCUT2D eigenvalue weighted by Gasteiger charge is 2.23. The zero-order valence-electron chi connectivity index (χ0n) is 19.0. The monoisotopic (exact) mass is 540 g/mol. The van der Waals surface area contributed by atoms with Crippen molar-refractivity contribution in [2.75, 3.05) is 40.3 Å². The molecule has 0 amide bonds. The summed E-state index contributed by atoms with van der Waals surface area (Å²) in [5.41, 5.74) is 1.32. The van der Waals surface area contributed by atoms with Gasteiger partial charge < -0.3 is 19.9 Å². The van der Waals surface area contributed by atoms with Crippen molar-refractivity contribution in [3.63, 3.8) is 0 Å². The maximum absolute atomic E-state index is 5.32. The van der Waals surface area contributed by atoms with Gasteiger partial charge in [-0.25, -0.2) is 4.98 Å². The zero-order chi connectivity index (χ0) is 21.2. The molecule has 3 rings (SSSR count). The summed E-state index contributed by atoms with van der Waals surface area (Å²) in [6.07, 6.45) is 8.65. The Morgan fingerprint density at radius 1 is 1.16 bits per heavy atom. The summed E-state index contributed by atoms with van der Waals surface area (Å²) in [5, 5.41) is 6.99. The van der Waals surface area contributed by atoms with Crippen LogP contribution in [0.5, 0.6) is 5.75 Å². The van der Waals surface area contributed by atoms with Crippen LogP contribution in [0.4, 0.5) is 0 Å². The normalized spacial score (nSPS) is 15.4. The zero-order valence-corrected chi connectivity index (χ0v) is 21.3. The van der Waals surface area contributed by atoms with Crippen LogP contribution in [0.15, 0.2) is 41.7 Å². The second-order valence-electron chi connectivity index (χ2n) is 7.79. The van der Waals surface area contributed by atoms with Crippen LogP contribution in [0.2, 0.25) is 0 Å². The number of hydrogen-bond acceptors (Lipinski definition) is 4. The molecule has 31 heavy (non-hydrogen) atoms. The molecule has 0 radical (unpaired) electrons. The van der Waals surface area contributed by atoms with E-state index in [1.165, 1.54) is 18.4 Å². The number of aromatic nitrogens is 2. The topological polar surface area (TPSA) is 66.7 Å². The lowest BCUT2D eigenvalue weighted by Gasteiger charge is -2.29. The Bertz CT molecular complexity index is 786. The predicted octanol–water partition coefficient (Wildman–Crippen LogP) is 3.60. The van der Waals surface area contributed by atoms with Crippen LogP contribution in [0.3, 0.4) is 0 Å². The molecule has 1 aliphatic rings. The predicted molar refractivity (Wildman–Crippen MR) is 138 cm³/mol. The average Bonchev–Trinajstić information content (AvgIpc) is 3.45. The van der Waals surface area contributed by atoms with Crippen molar-refractivity contribution in [1.29, 1.82) is 0 Å². The first-order valence-electron chi connectivity index (χ1n) is 11.0. The van der Waals surface area contributed by atoms with Gasteiger partial charge >= 0.3 is 0 Å². The molecule has 1 atom stereocenters. The largest absolute Gasteiger partial charge is 0.497 e. The number of likely N-dealkylation sites (tertiary alicyclic amines) is 1. The van der Waals surface area contributed by atoms with Gasteiger partial charge in [-0.3, -0.25) is 9.89 Å². The Hall–Kier alpha value is -1.81. The molecule has 1 aromatic heterocycles. The van der Waals surface area contributed by atoms with Gasteiger partial charge in [0, 0.05) is 39.1 Å². The Balaban J connectivity index is 0.00000341. The van der Waals surface area contributed by atoms with Gasteiger partial charge in [-0.05, 0) is 63.4 Å². The maximum Gasteiger partial charge on any atom is 0.191 e. The Kier molecular flexibility index (Phi) is 11.1. The quantitative estimate of drug-likeness (QED) is 0.209. The molecular formula is C23H37IN6O. The highest BCUT2D eigenvalue weighted by atomic mass is 127. The van der Waals surface area contributed by atoms with Gasteiger partial charge in [-0.15, -0.1) is 24.0 Å². The standard InChI is InChI=1S/C23H36N6O.HI/c1-19-25-13-17-28(19)14-5-4-12-26-23(24-2)27-18-22(29-15-6-7-16-29)20-8-10-21(30-3)11-9-20;/h8-11,13,17,22H,4-7,12,14-16,18H2,1-3H3,(H2,24,26,27);1H. The van der Waals surface area contributed by atoms with Crippen molar-refractivity contribution in [3.05, 3.63) is 48.0 Å². The minimum Gasteiger partial charge on any atom is -0.497 e. The molecular weight excluding hydrogens is 503 g/mol. The fourth-order valence-electron chi connectivity index (χ4n) is 4.01. The van der Waals surface area contributed by atoms with Crippen LogP contribution in [0.25, 0.3) is 0 Å². The van der Waals surface area contributed by atoms with E-state index in [0.29, 0.717) is 6.04 Å². The van der Waals surface area contributed by atoms with E-state index in [1.54, 1.807) is 7.11 Å². The first kappa shape index (κ1) is 25.5. The number of benzene rings is 1. The summed E-state index contributed by atoms with van der Waals surface area (Å²) in [7, 11) is 3.54. The van der Waals surface area contributed by atoms with Crippen LogP contribution >= 0.6 is 24.0 Å². The van der Waals surface area contributed by atoms with E-state index >= 15 is 0 Å². The lowest BCUT2D eigenvalue weighted by atomic mass is 10.1. The minimum atomic E-state index is 0. The molecule has 1 aromatic carbocycles. The number of unbranched alkanes of at least 4 members (excludes halogenated alkanes) is 1. The van der Waals surface area contributed by atoms with Crippen molar-refractivity contribution >= 4 is 29.9 Å². The Labute approximate surface area is 203 Å². The van der Waals surface area contributed by atoms with Crippen LogP contribution in [0.1, 0.15) is 43.1 Å². The van der Waals surface area contributed by atoms with Crippen molar-refractivity contribution in [2.45, 2.75) is 45.2 Å². The highest BCUT2D eigenvalue weighted by Crippen LogP contribution is 2.26. The van der Waals surface area contributed by atoms with Crippen LogP contribution in [-0.4, -0.2) is 60.7 Å². The summed E-state index contributed by atoms with van der Waals surface area (Å²) in [6, 6.07) is 8.79. The van der Waals surface area contributed by atoms with Crippen molar-refractivity contribution < 1.29 is 4.74 Å². The SMILES string of the molecule is CN=C(NCCCCn1ccnc1C)NCC(c1ccc(OC)cc1)N1CCCC1.I. The third kappa shape index (κ3) is 7.68. The van der Waals surface area contributed by atoms with Crippen molar-refractivity contribution in [1.82, 2.24) is 25.1 Å². The molecule has 2 heterocycles. The third-order valence-electron chi connectivity index (χ3n) is 5.81. The number of guanidine groups is 1. The molecule has 0 saturated carbocycles. The summed E-state index contributed by atoms with van der Waals surface area (Å²) in [6.45, 7) is 7.10. The number of ether oxygens (including phenoxy) is 1. The number of methoxy groups -OCH3 is 1. The number of nitrogens with one attached hydrogen (secondary N) is 2. The Morgan fingerprint density at radius 2 is 1.90 bits per heavy atom. The minimum absolute atomic E-state index is 0. The molecule has 1 saturated heterocycles. The molecule has 1 aliphatic heterocycles. The summed E-state index contributed by atoms with van der Waals surface area (Å²) in [5.74, 6) is 2.84. The van der Waals surface area contributed by atoms with Gasteiger partial charge in [-0.1, -0.05) is 12.1 Å². The molecule has 2 aromatic rings. The van der Waals surface area contributed by atoms with Crippen molar-refractivity contribution in [3.8, 4) is 5.75 Å². The van der Waals surface area contributed by atoms with Crippen LogP contribution in [-0.2, 0) is 6.54 Å². The fourth-order valence-corrected chi connectivity index (χ4v) is 4.01. The summed E-state index contributed by atoms with van der Waals surface area (Å²) >= 11 is 0. The number of aryl methyl sites for hydroxylation is 2. The lowest BCUT2D eigenvalue weighted by molar-refractivity contribution is 0.245. The molecule has 1 unspecified atom stereocenters. The Morgan fingerprint density at radius 3 is 2.52 bits per heavy atom. The average molecular weight is 540 g/mol. The first-order chi connectivity index (χ1) is 14.7. The van der Waals surface area contributed by atoms with E-state index < -0.39 is 0 Å². The third-order valence-corrected chi connectivity index (χ3v) is 5.81. The maximum atomic E-state index is 5.32. The van der Waals surface area contributed by atoms with E-state index in [-0.39, 0.29) is 24.0 Å². The number of imidazole rings is 1. The second kappa shape index (κ2) is 13.6. The van der Waals surface area contributed by atoms with Gasteiger partial charge in [0.05, 0.1) is 13.2 Å². The molecule has 2 N–H and O–H groups in total. The molecule has 0 spiro atoms. The number of rotatable bonds is 10. The lowest BCUT2D eigenvalue weighted by Crippen LogP contribution is -2.43. The van der Waals surface area contributed by atoms with Gasteiger partial charge in [0.2, 0.25) is 0 Å². The van der Waals surface area contributed by atoms with E-state index in [2.05, 4.69) is 42.2 Å². The van der Waals surface area contributed by atoms with Gasteiger partial charge in [0.15, 0.2) is 5.96 Å². The number of halogens is 1. The molecule has 7 nitrogen and oxygen atoms in total. The molecule has 1 fully saturated rings. The highest BCUT2D eigenvalue weighted by molar-refractivity contribution is 14.0. The van der Waals surface area contributed by atoms with Crippen molar-refractivity contribution in [2.24, 2.45) is 4.99 Å². The van der Waals surface area contributed by atoms with Gasteiger partial charge in [0.1, 0.15) is 11.6 Å². The number of nitrogens with zero attached hydrogens (tertiary/aromatic N) is 4. The van der Waals surface area contributed by atoms with Gasteiger partial charge in [-0.2, -0.15) is 0 Å². The second-order valence-corrected chi connectivity index (χ2v) is 7.79. The molecule has 8 heteroatoms. The summed E-state index contributed by atoms with van der Waals surface area (Å²) in [4.78, 5) is 11.2. The van der Waals surface area contributed by atoms with E-state index in [1.807, 2.05) is 38.5 Å². The summed E-state index contributed by atoms with van der Waals surface area (Å²) < 4.78 is 7.52. The van der Waals surface area contributed by atoms with Crippen LogP contribution in [0, 0.1) is 6.92 Å². The first-order valence-corrected chi connectivity index (χ1v) is 11.0. The van der Waals surface area contributed by atoms with E-state index in [0.717, 1.165) is 63.1 Å². The van der Waals surface area contributed by atoms with Crippen LogP contribution < -0.4 is 15.4 Å². The molecule has 172 valence electrons. The van der Waals surface area contributed by atoms with E-state index in [4.69, 9.17) is 4.74 Å². The molecule has 0 aliphatic carbocycles. The van der Waals surface area contributed by atoms with Gasteiger partial charge in [0.25, 0.3) is 0 Å². The number of aliphatic imine (C=N–C) groups is 1. The van der Waals surface area contributed by atoms with E-state index in [9.17, 15) is 0 Å². The number of hydrogen-bond donors (Lipinski definition) is 2. The smallest absolute Gasteiger partial charge is 0.191 e. The molecule has 0 bridgehead atoms.